The Morgan fingerprint density at radius 1 is 0.588 bits per heavy atom. The van der Waals surface area contributed by atoms with Gasteiger partial charge in [-0.15, -0.1) is 58.9 Å². The van der Waals surface area contributed by atoms with Crippen LogP contribution in [0.15, 0.2) is 67.1 Å². The summed E-state index contributed by atoms with van der Waals surface area (Å²) in [6.45, 7) is 0.370. The van der Waals surface area contributed by atoms with Gasteiger partial charge in [-0.1, -0.05) is 59.1 Å². The van der Waals surface area contributed by atoms with Crippen LogP contribution < -0.4 is 18.9 Å². The molecular weight excluding hydrogens is 1010 g/mol. The van der Waals surface area contributed by atoms with Crippen molar-refractivity contribution in [3.8, 4) is 28.7 Å². The zero-order valence-corrected chi connectivity index (χ0v) is 36.4. The van der Waals surface area contributed by atoms with Crippen LogP contribution in [-0.4, -0.2) is 59.5 Å². The summed E-state index contributed by atoms with van der Waals surface area (Å²) in [7, 11) is 4.75. The third-order valence-corrected chi connectivity index (χ3v) is 6.82. The Balaban J connectivity index is 0.000000342. The molecule has 11 nitrogen and oxygen atoms in total. The molecule has 2 aromatic carbocycles. The highest BCUT2D eigenvalue weighted by molar-refractivity contribution is 9.69. The number of aromatic nitrogens is 6. The minimum Gasteiger partial charge on any atom is -0.504 e. The average Bonchev–Trinajstić information content (AvgIpc) is 3.10. The maximum absolute atomic E-state index is 8.73. The van der Waals surface area contributed by atoms with Gasteiger partial charge >= 0.3 is 3.18 Å². The lowest BCUT2D eigenvalue weighted by Gasteiger charge is -2.07. The summed E-state index contributed by atoms with van der Waals surface area (Å²) >= 11 is 48.0. The molecular formula is C29H25BBr3Cl7N6O5. The molecule has 0 radical (unpaired) electrons. The molecule has 22 heteroatoms. The molecule has 5 aromatic rings. The lowest BCUT2D eigenvalue weighted by Crippen LogP contribution is -1.98. The van der Waals surface area contributed by atoms with Crippen LogP contribution in [0.3, 0.4) is 0 Å². The number of benzene rings is 2. The molecule has 0 fully saturated rings. The fourth-order valence-corrected chi connectivity index (χ4v) is 4.05. The van der Waals surface area contributed by atoms with Crippen molar-refractivity contribution in [1.82, 2.24) is 29.9 Å². The van der Waals surface area contributed by atoms with E-state index < -0.39 is 0 Å². The molecule has 51 heavy (non-hydrogen) atoms. The number of rotatable bonds is 7. The topological polar surface area (TPSA) is 134 Å². The first-order valence-electron chi connectivity index (χ1n) is 13.4. The molecule has 1 N–H and O–H groups in total. The van der Waals surface area contributed by atoms with Gasteiger partial charge in [0.25, 0.3) is 0 Å². The third kappa shape index (κ3) is 20.9. The lowest BCUT2D eigenvalue weighted by molar-refractivity contribution is 0.303. The van der Waals surface area contributed by atoms with Crippen molar-refractivity contribution in [2.45, 2.75) is 12.5 Å². The minimum atomic E-state index is -0.166. The van der Waals surface area contributed by atoms with Gasteiger partial charge in [0.05, 0.1) is 39.9 Å². The number of ether oxygens (including phenoxy) is 4. The normalized spacial score (nSPS) is 9.51. The Labute approximate surface area is 354 Å². The summed E-state index contributed by atoms with van der Waals surface area (Å²) in [5.74, 6) is 2.88. The second kappa shape index (κ2) is 26.9. The van der Waals surface area contributed by atoms with Gasteiger partial charge in [0, 0.05) is 5.88 Å². The summed E-state index contributed by atoms with van der Waals surface area (Å²) in [4.78, 5) is 21.8. The lowest BCUT2D eigenvalue weighted by atomic mass is 10.2. The molecule has 0 aliphatic carbocycles. The fourth-order valence-electron chi connectivity index (χ4n) is 2.83. The number of hydrogen-bond acceptors (Lipinski definition) is 11. The van der Waals surface area contributed by atoms with Gasteiger partial charge in [-0.3, -0.25) is 0 Å². The van der Waals surface area contributed by atoms with Crippen molar-refractivity contribution in [3.05, 3.63) is 110 Å². The van der Waals surface area contributed by atoms with E-state index in [0.717, 1.165) is 28.8 Å². The fraction of sp³-hybridized carbons (Fsp3) is 0.172. The first kappa shape index (κ1) is 47.2. The SMILES string of the molecule is BrB(Br)Br.COc1ccc(CCl)cc1.COc1ccc(COc2cnc(Cl)nc2Cl)cc1.COc1cnc(Cl)nc1Cl.Oc1cnc(Cl)nc1Cl. The molecule has 3 heterocycles. The molecule has 0 unspecified atom stereocenters. The van der Waals surface area contributed by atoms with Crippen molar-refractivity contribution in [2.24, 2.45) is 0 Å². The Hall–Kier alpha value is -1.79. The van der Waals surface area contributed by atoms with Crippen LogP contribution in [0.1, 0.15) is 11.1 Å². The van der Waals surface area contributed by atoms with Gasteiger partial charge < -0.3 is 24.1 Å². The van der Waals surface area contributed by atoms with Gasteiger partial charge in [0.15, 0.2) is 32.7 Å². The van der Waals surface area contributed by atoms with E-state index >= 15 is 0 Å². The van der Waals surface area contributed by atoms with Crippen LogP contribution in [0.5, 0.6) is 28.7 Å². The second-order valence-corrected chi connectivity index (χ2v) is 17.3. The van der Waals surface area contributed by atoms with Crippen LogP contribution in [-0.2, 0) is 12.5 Å². The van der Waals surface area contributed by atoms with Crippen LogP contribution in [0.25, 0.3) is 0 Å². The van der Waals surface area contributed by atoms with E-state index in [4.69, 9.17) is 105 Å². The molecule has 0 spiro atoms. The summed E-state index contributed by atoms with van der Waals surface area (Å²) in [6, 6.07) is 15.2. The molecule has 0 bridgehead atoms. The second-order valence-electron chi connectivity index (χ2n) is 8.47. The zero-order valence-electron chi connectivity index (χ0n) is 26.4. The highest BCUT2D eigenvalue weighted by Crippen LogP contribution is 2.24. The number of nitrogens with zero attached hydrogens (tertiary/aromatic N) is 6. The van der Waals surface area contributed by atoms with Crippen molar-refractivity contribution >= 4 is 132 Å². The molecule has 5 rings (SSSR count). The Morgan fingerprint density at radius 3 is 1.33 bits per heavy atom. The molecule has 0 amide bonds. The van der Waals surface area contributed by atoms with Crippen LogP contribution in [0.2, 0.25) is 31.3 Å². The minimum absolute atomic E-state index is 0.0257. The zero-order chi connectivity index (χ0) is 38.3. The number of aromatic hydroxyl groups is 1. The van der Waals surface area contributed by atoms with Gasteiger partial charge in [-0.25, -0.2) is 29.9 Å². The van der Waals surface area contributed by atoms with Crippen molar-refractivity contribution in [3.63, 3.8) is 0 Å². The first-order chi connectivity index (χ1) is 24.2. The highest BCUT2D eigenvalue weighted by Gasteiger charge is 2.06. The molecule has 3 aromatic heterocycles. The highest BCUT2D eigenvalue weighted by atomic mass is 79.9. The quantitative estimate of drug-likeness (QED) is 0.0722. The van der Waals surface area contributed by atoms with E-state index in [2.05, 4.69) is 77.2 Å². The van der Waals surface area contributed by atoms with Gasteiger partial charge in [0.1, 0.15) is 18.1 Å². The van der Waals surface area contributed by atoms with Crippen LogP contribution in [0.4, 0.5) is 0 Å². The molecule has 0 saturated carbocycles. The van der Waals surface area contributed by atoms with Crippen molar-refractivity contribution < 1.29 is 24.1 Å². The summed E-state index contributed by atoms with van der Waals surface area (Å²) in [6.07, 6.45) is 4.00. The van der Waals surface area contributed by atoms with Crippen LogP contribution in [0, 0.1) is 0 Å². The Kier molecular flexibility index (Phi) is 24.9. The first-order valence-corrected chi connectivity index (χ1v) is 18.9. The van der Waals surface area contributed by atoms with E-state index in [1.165, 1.54) is 19.5 Å². The van der Waals surface area contributed by atoms with E-state index in [0.29, 0.717) is 24.0 Å². The molecule has 274 valence electrons. The van der Waals surface area contributed by atoms with E-state index in [1.54, 1.807) is 14.2 Å². The molecule has 0 atom stereocenters. The maximum Gasteiger partial charge on any atom is 0.369 e. The predicted molar refractivity (Wildman–Crippen MR) is 217 cm³/mol. The maximum atomic E-state index is 8.73. The van der Waals surface area contributed by atoms with E-state index in [9.17, 15) is 0 Å². The predicted octanol–water partition coefficient (Wildman–Crippen LogP) is 11.2. The summed E-state index contributed by atoms with van der Waals surface area (Å²) < 4.78 is 20.6. The number of alkyl halides is 1. The smallest absolute Gasteiger partial charge is 0.369 e. The van der Waals surface area contributed by atoms with Crippen molar-refractivity contribution in [2.75, 3.05) is 21.3 Å². The largest absolute Gasteiger partial charge is 0.504 e. The van der Waals surface area contributed by atoms with Gasteiger partial charge in [-0.2, -0.15) is 0 Å². The Bertz CT molecular complexity index is 1720. The van der Waals surface area contributed by atoms with Gasteiger partial charge in [0.2, 0.25) is 15.9 Å². The third-order valence-electron chi connectivity index (χ3n) is 5.15. The van der Waals surface area contributed by atoms with E-state index in [-0.39, 0.29) is 40.2 Å². The molecule has 0 aliphatic heterocycles. The number of hydrogen-bond donors (Lipinski definition) is 1. The van der Waals surface area contributed by atoms with E-state index in [1.807, 2.05) is 48.5 Å². The summed E-state index contributed by atoms with van der Waals surface area (Å²) in [5, 5.41) is 9.35. The van der Waals surface area contributed by atoms with Gasteiger partial charge in [-0.05, 0) is 70.2 Å². The van der Waals surface area contributed by atoms with Crippen molar-refractivity contribution in [1.29, 1.82) is 0 Å². The number of halogens is 10. The van der Waals surface area contributed by atoms with Crippen LogP contribution >= 0.6 is 128 Å². The number of methoxy groups -OCH3 is 3. The monoisotopic (exact) mass is 1030 g/mol. The molecule has 0 aliphatic rings. The summed E-state index contributed by atoms with van der Waals surface area (Å²) in [5.41, 5.74) is 2.10. The average molecular weight is 1040 g/mol. The Morgan fingerprint density at radius 2 is 0.980 bits per heavy atom. The molecule has 0 saturated heterocycles. The standard InChI is InChI=1S/C12H10Cl2N2O2.C8H9ClO.C5H4Cl2N2O.C4H2Cl2N2O.BBr3/c1-17-9-4-2-8(3-5-9)7-18-10-6-15-12(14)16-11(10)13;1-10-8-4-2-7(6-9)3-5-8;1-10-3-2-8-5(7)9-4(3)6;5-3-2(9)1-7-4(6)8-3;2-1(3)4/h2-6H,7H2,1H3;2-5H,6H2,1H3;2H,1H3;1,9H;.